The highest BCUT2D eigenvalue weighted by atomic mass is 16.1. The number of nitrogens with one attached hydrogen (secondary N) is 1. The summed E-state index contributed by atoms with van der Waals surface area (Å²) in [4.78, 5) is 10.6. The van der Waals surface area contributed by atoms with Crippen molar-refractivity contribution in [2.45, 2.75) is 13.0 Å². The third kappa shape index (κ3) is 1.71. The van der Waals surface area contributed by atoms with Gasteiger partial charge in [0.15, 0.2) is 0 Å². The molecule has 0 saturated carbocycles. The molecular weight excluding hydrogens is 150 g/mol. The lowest BCUT2D eigenvalue weighted by Crippen LogP contribution is -2.18. The first-order valence-corrected chi connectivity index (χ1v) is 3.97. The number of carbonyl (C=O) groups is 1. The van der Waals surface area contributed by atoms with Crippen molar-refractivity contribution in [2.75, 3.05) is 7.05 Å². The van der Waals surface area contributed by atoms with E-state index in [9.17, 15) is 4.79 Å². The molecule has 0 unspecified atom stereocenters. The van der Waals surface area contributed by atoms with Crippen molar-refractivity contribution in [1.82, 2.24) is 5.32 Å². The number of rotatable bonds is 3. The van der Waals surface area contributed by atoms with Gasteiger partial charge < -0.3 is 10.1 Å². The normalized spacial score (nSPS) is 12.5. The largest absolute Gasteiger partial charge is 0.307 e. The van der Waals surface area contributed by atoms with Gasteiger partial charge in [0.2, 0.25) is 0 Å². The van der Waals surface area contributed by atoms with Crippen LogP contribution in [0.15, 0.2) is 24.3 Å². The van der Waals surface area contributed by atoms with Crippen LogP contribution in [0.25, 0.3) is 0 Å². The van der Waals surface area contributed by atoms with E-state index in [0.29, 0.717) is 0 Å². The van der Waals surface area contributed by atoms with Gasteiger partial charge in [0, 0.05) is 0 Å². The summed E-state index contributed by atoms with van der Waals surface area (Å²) in [6, 6.07) is 7.70. The summed E-state index contributed by atoms with van der Waals surface area (Å²) >= 11 is 0. The number of carbonyl (C=O) groups excluding carboxylic acids is 1. The third-order valence-corrected chi connectivity index (χ3v) is 1.97. The lowest BCUT2D eigenvalue weighted by atomic mass is 10.0. The van der Waals surface area contributed by atoms with Crippen molar-refractivity contribution in [3.63, 3.8) is 0 Å². The van der Waals surface area contributed by atoms with Crippen molar-refractivity contribution in [1.29, 1.82) is 0 Å². The van der Waals surface area contributed by atoms with Gasteiger partial charge in [0.1, 0.15) is 6.29 Å². The van der Waals surface area contributed by atoms with E-state index in [0.717, 1.165) is 17.4 Å². The fraction of sp³-hybridized carbons (Fsp3) is 0.300. The second-order valence-corrected chi connectivity index (χ2v) is 2.76. The van der Waals surface area contributed by atoms with E-state index in [-0.39, 0.29) is 6.04 Å². The second kappa shape index (κ2) is 4.02. The Balaban J connectivity index is 3.00. The van der Waals surface area contributed by atoms with Crippen molar-refractivity contribution < 1.29 is 4.79 Å². The van der Waals surface area contributed by atoms with Gasteiger partial charge in [-0.1, -0.05) is 24.3 Å². The molecule has 0 aliphatic heterocycles. The maximum atomic E-state index is 10.6. The van der Waals surface area contributed by atoms with Gasteiger partial charge in [-0.05, 0) is 25.1 Å². The Labute approximate surface area is 72.6 Å². The molecule has 0 spiro atoms. The van der Waals surface area contributed by atoms with Crippen LogP contribution in [0.5, 0.6) is 0 Å². The van der Waals surface area contributed by atoms with E-state index in [2.05, 4.69) is 5.32 Å². The molecular formula is C10H13NO. The molecule has 12 heavy (non-hydrogen) atoms. The molecule has 1 aromatic rings. The molecule has 1 atom stereocenters. The number of benzene rings is 1. The van der Waals surface area contributed by atoms with Crippen LogP contribution in [0.4, 0.5) is 0 Å². The maximum absolute atomic E-state index is 10.6. The minimum atomic E-state index is -0.175. The molecule has 1 rings (SSSR count). The van der Waals surface area contributed by atoms with Crippen LogP contribution in [-0.2, 0) is 4.79 Å². The quantitative estimate of drug-likeness (QED) is 0.683. The number of likely N-dealkylation sites (N-methyl/N-ethyl adjacent to an activating group) is 1. The molecule has 0 aliphatic carbocycles. The van der Waals surface area contributed by atoms with Crippen molar-refractivity contribution in [3.8, 4) is 0 Å². The van der Waals surface area contributed by atoms with E-state index in [1.165, 1.54) is 0 Å². The average molecular weight is 163 g/mol. The zero-order chi connectivity index (χ0) is 8.97. The fourth-order valence-corrected chi connectivity index (χ4v) is 1.23. The third-order valence-electron chi connectivity index (χ3n) is 1.97. The molecule has 0 saturated heterocycles. The highest BCUT2D eigenvalue weighted by Gasteiger charge is 2.08. The van der Waals surface area contributed by atoms with E-state index in [4.69, 9.17) is 0 Å². The summed E-state index contributed by atoms with van der Waals surface area (Å²) in [5.74, 6) is 0. The molecule has 0 radical (unpaired) electrons. The van der Waals surface area contributed by atoms with Crippen LogP contribution in [0.1, 0.15) is 17.2 Å². The summed E-state index contributed by atoms with van der Waals surface area (Å²) in [6.45, 7) is 2.00. The summed E-state index contributed by atoms with van der Waals surface area (Å²) in [6.07, 6.45) is 0.919. The molecule has 2 heteroatoms. The molecule has 0 aliphatic rings. The molecule has 0 amide bonds. The minimum Gasteiger partial charge on any atom is -0.307 e. The molecule has 64 valence electrons. The summed E-state index contributed by atoms with van der Waals surface area (Å²) < 4.78 is 0. The topological polar surface area (TPSA) is 29.1 Å². The van der Waals surface area contributed by atoms with Crippen LogP contribution in [0.3, 0.4) is 0 Å². The van der Waals surface area contributed by atoms with Crippen LogP contribution >= 0.6 is 0 Å². The fourth-order valence-electron chi connectivity index (χ4n) is 1.23. The number of hydrogen-bond donors (Lipinski definition) is 1. The lowest BCUT2D eigenvalue weighted by Gasteiger charge is -2.11. The molecule has 0 aromatic heterocycles. The number of aryl methyl sites for hydroxylation is 1. The molecule has 0 heterocycles. The second-order valence-electron chi connectivity index (χ2n) is 2.76. The van der Waals surface area contributed by atoms with Crippen LogP contribution in [0.2, 0.25) is 0 Å². The summed E-state index contributed by atoms with van der Waals surface area (Å²) in [5.41, 5.74) is 2.19. The zero-order valence-corrected chi connectivity index (χ0v) is 7.37. The maximum Gasteiger partial charge on any atom is 0.141 e. The van der Waals surface area contributed by atoms with Gasteiger partial charge in [-0.25, -0.2) is 0 Å². The first kappa shape index (κ1) is 8.94. The van der Waals surface area contributed by atoms with Crippen LogP contribution < -0.4 is 5.32 Å². The van der Waals surface area contributed by atoms with Crippen LogP contribution in [-0.4, -0.2) is 13.3 Å². The Morgan fingerprint density at radius 2 is 2.08 bits per heavy atom. The molecule has 1 N–H and O–H groups in total. The standard InChI is InChI=1S/C10H13NO/c1-8-5-3-4-6-9(8)10(7-12)11-2/h3-7,10-11H,1-2H3/t10-/m1/s1. The predicted molar refractivity (Wildman–Crippen MR) is 49.0 cm³/mol. The Bertz CT molecular complexity index is 270. The highest BCUT2D eigenvalue weighted by molar-refractivity contribution is 5.62. The van der Waals surface area contributed by atoms with Crippen LogP contribution in [0, 0.1) is 6.92 Å². The van der Waals surface area contributed by atoms with Gasteiger partial charge >= 0.3 is 0 Å². The predicted octanol–water partition coefficient (Wildman–Crippen LogP) is 1.45. The SMILES string of the molecule is CN[C@H](C=O)c1ccccc1C. The van der Waals surface area contributed by atoms with E-state index >= 15 is 0 Å². The lowest BCUT2D eigenvalue weighted by molar-refractivity contribution is -0.109. The number of aldehydes is 1. The molecule has 2 nitrogen and oxygen atoms in total. The first-order valence-electron chi connectivity index (χ1n) is 3.97. The van der Waals surface area contributed by atoms with E-state index in [1.807, 2.05) is 31.2 Å². The number of hydrogen-bond acceptors (Lipinski definition) is 2. The van der Waals surface area contributed by atoms with Gasteiger partial charge in [-0.2, -0.15) is 0 Å². The Hall–Kier alpha value is -1.15. The average Bonchev–Trinajstić information content (AvgIpc) is 2.10. The first-order chi connectivity index (χ1) is 5.79. The van der Waals surface area contributed by atoms with Crippen molar-refractivity contribution >= 4 is 6.29 Å². The smallest absolute Gasteiger partial charge is 0.141 e. The molecule has 0 bridgehead atoms. The van der Waals surface area contributed by atoms with Gasteiger partial charge in [-0.15, -0.1) is 0 Å². The van der Waals surface area contributed by atoms with Crippen molar-refractivity contribution in [3.05, 3.63) is 35.4 Å². The summed E-state index contributed by atoms with van der Waals surface area (Å²) in [7, 11) is 1.78. The minimum absolute atomic E-state index is 0.175. The van der Waals surface area contributed by atoms with E-state index in [1.54, 1.807) is 7.05 Å². The molecule has 0 fully saturated rings. The van der Waals surface area contributed by atoms with Gasteiger partial charge in [0.05, 0.1) is 6.04 Å². The molecule has 1 aromatic carbocycles. The highest BCUT2D eigenvalue weighted by Crippen LogP contribution is 2.14. The Kier molecular flexibility index (Phi) is 3.00. The Morgan fingerprint density at radius 1 is 1.42 bits per heavy atom. The zero-order valence-electron chi connectivity index (χ0n) is 7.37. The Morgan fingerprint density at radius 3 is 2.58 bits per heavy atom. The van der Waals surface area contributed by atoms with E-state index < -0.39 is 0 Å². The van der Waals surface area contributed by atoms with Gasteiger partial charge in [-0.3, -0.25) is 0 Å². The monoisotopic (exact) mass is 163 g/mol. The van der Waals surface area contributed by atoms with Gasteiger partial charge in [0.25, 0.3) is 0 Å². The van der Waals surface area contributed by atoms with Crippen molar-refractivity contribution in [2.24, 2.45) is 0 Å². The summed E-state index contributed by atoms with van der Waals surface area (Å²) in [5, 5.41) is 2.94.